The Balaban J connectivity index is 2.16. The van der Waals surface area contributed by atoms with Crippen molar-refractivity contribution in [3.8, 4) is 0 Å². The molecule has 5 nitrogen and oxygen atoms in total. The van der Waals surface area contributed by atoms with Gasteiger partial charge in [0.1, 0.15) is 5.69 Å². The number of unbranched alkanes of at least 4 members (excludes halogenated alkanes) is 2. The zero-order valence-electron chi connectivity index (χ0n) is 10.8. The smallest absolute Gasteiger partial charge is 0.305 e. The molecule has 104 valence electrons. The Morgan fingerprint density at radius 1 is 1.37 bits per heavy atom. The molecule has 1 aromatic heterocycles. The van der Waals surface area contributed by atoms with Gasteiger partial charge in [-0.15, -0.1) is 0 Å². The number of nitrogens with one attached hydrogen (secondary N) is 1. The molecule has 0 aliphatic rings. The first-order valence-corrected chi connectivity index (χ1v) is 6.48. The van der Waals surface area contributed by atoms with E-state index < -0.39 is 0 Å². The minimum absolute atomic E-state index is 0.202. The zero-order chi connectivity index (χ0) is 14.1. The summed E-state index contributed by atoms with van der Waals surface area (Å²) in [6.07, 6.45) is 4.34. The van der Waals surface area contributed by atoms with Gasteiger partial charge in [0, 0.05) is 24.2 Å². The lowest BCUT2D eigenvalue weighted by molar-refractivity contribution is -0.140. The molecule has 0 unspecified atom stereocenters. The van der Waals surface area contributed by atoms with Gasteiger partial charge in [-0.3, -0.25) is 14.6 Å². The summed E-state index contributed by atoms with van der Waals surface area (Å²) in [5.41, 5.74) is 0.307. The Morgan fingerprint density at radius 3 is 2.84 bits per heavy atom. The van der Waals surface area contributed by atoms with Gasteiger partial charge in [0.15, 0.2) is 0 Å². The van der Waals surface area contributed by atoms with E-state index in [0.717, 1.165) is 19.3 Å². The van der Waals surface area contributed by atoms with Gasteiger partial charge in [0.25, 0.3) is 5.91 Å². The molecule has 1 amide bonds. The Hall–Kier alpha value is -1.62. The number of ether oxygens (including phenoxy) is 1. The molecule has 0 saturated heterocycles. The molecule has 1 N–H and O–H groups in total. The Bertz CT molecular complexity index is 438. The molecule has 0 saturated carbocycles. The van der Waals surface area contributed by atoms with Crippen LogP contribution in [0.2, 0.25) is 5.02 Å². The molecule has 0 aliphatic heterocycles. The van der Waals surface area contributed by atoms with Crippen molar-refractivity contribution in [2.75, 3.05) is 13.7 Å². The molecule has 1 heterocycles. The van der Waals surface area contributed by atoms with E-state index in [1.165, 1.54) is 19.4 Å². The van der Waals surface area contributed by atoms with Crippen LogP contribution in [0.3, 0.4) is 0 Å². The Morgan fingerprint density at radius 2 is 2.16 bits per heavy atom. The van der Waals surface area contributed by atoms with Gasteiger partial charge in [-0.1, -0.05) is 18.0 Å². The van der Waals surface area contributed by atoms with Gasteiger partial charge in [0.05, 0.1) is 7.11 Å². The zero-order valence-corrected chi connectivity index (χ0v) is 11.6. The molecule has 1 aromatic rings. The van der Waals surface area contributed by atoms with E-state index in [1.54, 1.807) is 6.07 Å². The fourth-order valence-corrected chi connectivity index (χ4v) is 1.65. The molecular formula is C13H17ClN2O3. The summed E-state index contributed by atoms with van der Waals surface area (Å²) >= 11 is 5.77. The largest absolute Gasteiger partial charge is 0.469 e. The lowest BCUT2D eigenvalue weighted by Crippen LogP contribution is -2.25. The molecule has 0 bridgehead atoms. The van der Waals surface area contributed by atoms with E-state index in [-0.39, 0.29) is 11.9 Å². The normalized spacial score (nSPS) is 10.0. The van der Waals surface area contributed by atoms with E-state index in [0.29, 0.717) is 23.7 Å². The lowest BCUT2D eigenvalue weighted by atomic mass is 10.2. The van der Waals surface area contributed by atoms with Gasteiger partial charge >= 0.3 is 5.97 Å². The molecule has 0 radical (unpaired) electrons. The van der Waals surface area contributed by atoms with Crippen molar-refractivity contribution in [2.24, 2.45) is 0 Å². The molecule has 6 heteroatoms. The van der Waals surface area contributed by atoms with Crippen LogP contribution in [0.1, 0.15) is 36.2 Å². The second-order valence-corrected chi connectivity index (χ2v) is 4.44. The maximum atomic E-state index is 11.7. The predicted octanol–water partition coefficient (Wildman–Crippen LogP) is 2.20. The van der Waals surface area contributed by atoms with Crippen molar-refractivity contribution in [2.45, 2.75) is 25.7 Å². The van der Waals surface area contributed by atoms with Crippen molar-refractivity contribution in [3.05, 3.63) is 29.0 Å². The third-order valence-electron chi connectivity index (χ3n) is 2.53. The van der Waals surface area contributed by atoms with Crippen molar-refractivity contribution < 1.29 is 14.3 Å². The average molecular weight is 285 g/mol. The number of esters is 1. The van der Waals surface area contributed by atoms with Crippen LogP contribution in [0.4, 0.5) is 0 Å². The van der Waals surface area contributed by atoms with Crippen molar-refractivity contribution in [1.82, 2.24) is 10.3 Å². The van der Waals surface area contributed by atoms with Crippen LogP contribution in [-0.2, 0) is 9.53 Å². The maximum Gasteiger partial charge on any atom is 0.305 e. The van der Waals surface area contributed by atoms with Gasteiger partial charge in [-0.25, -0.2) is 0 Å². The van der Waals surface area contributed by atoms with Crippen LogP contribution >= 0.6 is 11.6 Å². The minimum Gasteiger partial charge on any atom is -0.469 e. The molecular weight excluding hydrogens is 268 g/mol. The highest BCUT2D eigenvalue weighted by Gasteiger charge is 2.06. The number of hydrogen-bond donors (Lipinski definition) is 1. The van der Waals surface area contributed by atoms with Crippen LogP contribution in [0.5, 0.6) is 0 Å². The summed E-state index contributed by atoms with van der Waals surface area (Å²) < 4.78 is 4.53. The number of amides is 1. The van der Waals surface area contributed by atoms with Crippen LogP contribution < -0.4 is 5.32 Å². The first-order chi connectivity index (χ1) is 9.13. The van der Waals surface area contributed by atoms with Crippen LogP contribution in [-0.4, -0.2) is 30.5 Å². The van der Waals surface area contributed by atoms with Crippen LogP contribution in [0.15, 0.2) is 18.3 Å². The highest BCUT2D eigenvalue weighted by atomic mass is 35.5. The number of nitrogens with zero attached hydrogens (tertiary/aromatic N) is 1. The number of carbonyl (C=O) groups excluding carboxylic acids is 2. The average Bonchev–Trinajstić information content (AvgIpc) is 2.42. The van der Waals surface area contributed by atoms with Crippen molar-refractivity contribution in [3.63, 3.8) is 0 Å². The highest BCUT2D eigenvalue weighted by Crippen LogP contribution is 2.07. The first kappa shape index (κ1) is 15.4. The summed E-state index contributed by atoms with van der Waals surface area (Å²) in [6, 6.07) is 3.14. The number of pyridine rings is 1. The Kier molecular flexibility index (Phi) is 6.89. The number of rotatable bonds is 7. The molecule has 1 rings (SSSR count). The van der Waals surface area contributed by atoms with Gasteiger partial charge in [-0.05, 0) is 25.0 Å². The maximum absolute atomic E-state index is 11.7. The highest BCUT2D eigenvalue weighted by molar-refractivity contribution is 6.30. The summed E-state index contributed by atoms with van der Waals surface area (Å²) in [5, 5.41) is 3.24. The molecule has 0 spiro atoms. The summed E-state index contributed by atoms with van der Waals surface area (Å²) in [6.45, 7) is 0.550. The third kappa shape index (κ3) is 6.20. The Labute approximate surface area is 117 Å². The molecule has 0 atom stereocenters. The molecule has 0 fully saturated rings. The van der Waals surface area contributed by atoms with E-state index in [4.69, 9.17) is 11.6 Å². The predicted molar refractivity (Wildman–Crippen MR) is 72.1 cm³/mol. The quantitative estimate of drug-likeness (QED) is 0.616. The van der Waals surface area contributed by atoms with E-state index in [9.17, 15) is 9.59 Å². The summed E-state index contributed by atoms with van der Waals surface area (Å²) in [7, 11) is 1.38. The van der Waals surface area contributed by atoms with Crippen molar-refractivity contribution >= 4 is 23.5 Å². The van der Waals surface area contributed by atoms with Crippen LogP contribution in [0.25, 0.3) is 0 Å². The second-order valence-electron chi connectivity index (χ2n) is 4.00. The minimum atomic E-state index is -0.240. The summed E-state index contributed by atoms with van der Waals surface area (Å²) in [4.78, 5) is 26.5. The fourth-order valence-electron chi connectivity index (χ4n) is 1.49. The number of halogens is 1. The standard InChI is InChI=1S/C13H17ClN2O3/c1-19-12(17)5-3-2-4-7-16-13(18)11-9-10(14)6-8-15-11/h6,8-9H,2-5,7H2,1H3,(H,16,18). The van der Waals surface area contributed by atoms with E-state index >= 15 is 0 Å². The van der Waals surface area contributed by atoms with Gasteiger partial charge < -0.3 is 10.1 Å². The molecule has 19 heavy (non-hydrogen) atoms. The lowest BCUT2D eigenvalue weighted by Gasteiger charge is -2.04. The fraction of sp³-hybridized carbons (Fsp3) is 0.462. The second kappa shape index (κ2) is 8.48. The SMILES string of the molecule is COC(=O)CCCCCNC(=O)c1cc(Cl)ccn1. The topological polar surface area (TPSA) is 68.3 Å². The molecule has 0 aromatic carbocycles. The molecule has 0 aliphatic carbocycles. The van der Waals surface area contributed by atoms with E-state index in [2.05, 4.69) is 15.0 Å². The number of aromatic nitrogens is 1. The van der Waals surface area contributed by atoms with Crippen LogP contribution in [0, 0.1) is 0 Å². The number of methoxy groups -OCH3 is 1. The van der Waals surface area contributed by atoms with Gasteiger partial charge in [0.2, 0.25) is 0 Å². The van der Waals surface area contributed by atoms with E-state index in [1.807, 2.05) is 0 Å². The summed E-state index contributed by atoms with van der Waals surface area (Å²) in [5.74, 6) is -0.442. The number of hydrogen-bond acceptors (Lipinski definition) is 4. The van der Waals surface area contributed by atoms with Gasteiger partial charge in [-0.2, -0.15) is 0 Å². The third-order valence-corrected chi connectivity index (χ3v) is 2.76. The monoisotopic (exact) mass is 284 g/mol. The first-order valence-electron chi connectivity index (χ1n) is 6.10. The number of carbonyl (C=O) groups is 2. The van der Waals surface area contributed by atoms with Crippen molar-refractivity contribution in [1.29, 1.82) is 0 Å².